The Hall–Kier alpha value is -1.03. The number of hydrogen-bond acceptors (Lipinski definition) is 2. The van der Waals surface area contributed by atoms with Crippen LogP contribution in [0.2, 0.25) is 5.02 Å². The summed E-state index contributed by atoms with van der Waals surface area (Å²) in [4.78, 5) is 0. The van der Waals surface area contributed by atoms with Gasteiger partial charge in [-0.1, -0.05) is 53.5 Å². The van der Waals surface area contributed by atoms with Crippen LogP contribution in [0.5, 0.6) is 11.5 Å². The monoisotopic (exact) mass is 367 g/mol. The Bertz CT molecular complexity index is 628. The van der Waals surface area contributed by atoms with E-state index in [0.29, 0.717) is 23.2 Å². The third kappa shape index (κ3) is 4.00. The molecule has 4 heteroatoms. The molecule has 2 aromatic carbocycles. The fourth-order valence-corrected chi connectivity index (χ4v) is 2.81. The molecule has 21 heavy (non-hydrogen) atoms. The van der Waals surface area contributed by atoms with Gasteiger partial charge in [0.25, 0.3) is 0 Å². The quantitative estimate of drug-likeness (QED) is 0.754. The maximum atomic E-state index is 6.30. The van der Waals surface area contributed by atoms with Crippen molar-refractivity contribution < 1.29 is 4.74 Å². The zero-order valence-electron chi connectivity index (χ0n) is 12.2. The minimum Gasteiger partial charge on any atom is -0.455 e. The van der Waals surface area contributed by atoms with Crippen molar-refractivity contribution in [3.8, 4) is 11.5 Å². The van der Waals surface area contributed by atoms with Gasteiger partial charge in [-0.2, -0.15) is 0 Å². The van der Waals surface area contributed by atoms with Crippen molar-refractivity contribution in [1.82, 2.24) is 0 Å². The fraction of sp³-hybridized carbons (Fsp3) is 0.294. The van der Waals surface area contributed by atoms with Gasteiger partial charge in [0, 0.05) is 4.47 Å². The van der Waals surface area contributed by atoms with Crippen LogP contribution in [-0.4, -0.2) is 6.54 Å². The first-order chi connectivity index (χ1) is 10.0. The molecule has 0 aromatic heterocycles. The molecule has 0 unspecified atom stereocenters. The summed E-state index contributed by atoms with van der Waals surface area (Å²) in [6, 6.07) is 11.8. The van der Waals surface area contributed by atoms with Crippen LogP contribution in [0, 0.1) is 0 Å². The van der Waals surface area contributed by atoms with E-state index < -0.39 is 0 Å². The lowest BCUT2D eigenvalue weighted by molar-refractivity contribution is 0.467. The molecule has 0 atom stereocenters. The first-order valence-electron chi connectivity index (χ1n) is 6.97. The summed E-state index contributed by atoms with van der Waals surface area (Å²) in [5.74, 6) is 1.89. The van der Waals surface area contributed by atoms with Gasteiger partial charge in [-0.25, -0.2) is 0 Å². The largest absolute Gasteiger partial charge is 0.455 e. The van der Waals surface area contributed by atoms with E-state index in [1.54, 1.807) is 0 Å². The predicted octanol–water partition coefficient (Wildman–Crippen LogP) is 5.52. The van der Waals surface area contributed by atoms with Crippen molar-refractivity contribution in [2.45, 2.75) is 26.2 Å². The number of hydrogen-bond donors (Lipinski definition) is 1. The van der Waals surface area contributed by atoms with E-state index in [1.807, 2.05) is 30.3 Å². The SMILES string of the molecule is CC(C)c1cc(Br)ccc1Oc1c(Cl)cccc1CCN. The zero-order chi connectivity index (χ0) is 15.4. The predicted molar refractivity (Wildman–Crippen MR) is 92.5 cm³/mol. The Morgan fingerprint density at radius 3 is 2.67 bits per heavy atom. The van der Waals surface area contributed by atoms with Gasteiger partial charge in [-0.3, -0.25) is 0 Å². The van der Waals surface area contributed by atoms with Crippen LogP contribution in [0.3, 0.4) is 0 Å². The Morgan fingerprint density at radius 1 is 1.24 bits per heavy atom. The third-order valence-corrected chi connectivity index (χ3v) is 4.06. The van der Waals surface area contributed by atoms with Crippen molar-refractivity contribution in [3.63, 3.8) is 0 Å². The molecule has 0 saturated heterocycles. The molecule has 2 aromatic rings. The summed E-state index contributed by atoms with van der Waals surface area (Å²) in [6.45, 7) is 4.85. The average Bonchev–Trinajstić information content (AvgIpc) is 2.44. The van der Waals surface area contributed by atoms with E-state index in [1.165, 1.54) is 0 Å². The fourth-order valence-electron chi connectivity index (χ4n) is 2.19. The molecule has 2 N–H and O–H groups in total. The number of rotatable bonds is 5. The Morgan fingerprint density at radius 2 is 2.00 bits per heavy atom. The van der Waals surface area contributed by atoms with Gasteiger partial charge in [-0.15, -0.1) is 0 Å². The van der Waals surface area contributed by atoms with Crippen molar-refractivity contribution in [1.29, 1.82) is 0 Å². The summed E-state index contributed by atoms with van der Waals surface area (Å²) in [5, 5.41) is 0.610. The minimum atomic E-state index is 0.359. The van der Waals surface area contributed by atoms with E-state index in [0.717, 1.165) is 27.8 Å². The highest BCUT2D eigenvalue weighted by molar-refractivity contribution is 9.10. The van der Waals surface area contributed by atoms with Crippen molar-refractivity contribution in [2.24, 2.45) is 5.73 Å². The lowest BCUT2D eigenvalue weighted by Crippen LogP contribution is -2.05. The summed E-state index contributed by atoms with van der Waals surface area (Å²) in [6.07, 6.45) is 0.740. The van der Waals surface area contributed by atoms with Gasteiger partial charge in [-0.05, 0) is 54.3 Å². The maximum Gasteiger partial charge on any atom is 0.149 e. The second-order valence-corrected chi connectivity index (χ2v) is 6.53. The normalized spacial score (nSPS) is 11.0. The summed E-state index contributed by atoms with van der Waals surface area (Å²) in [7, 11) is 0. The highest BCUT2D eigenvalue weighted by atomic mass is 79.9. The number of nitrogens with two attached hydrogens (primary N) is 1. The van der Waals surface area contributed by atoms with Gasteiger partial charge in [0.2, 0.25) is 0 Å². The van der Waals surface area contributed by atoms with Gasteiger partial charge >= 0.3 is 0 Å². The molecule has 0 fully saturated rings. The van der Waals surface area contributed by atoms with E-state index in [-0.39, 0.29) is 0 Å². The van der Waals surface area contributed by atoms with Gasteiger partial charge in [0.15, 0.2) is 0 Å². The minimum absolute atomic E-state index is 0.359. The first-order valence-corrected chi connectivity index (χ1v) is 8.14. The summed E-state index contributed by atoms with van der Waals surface area (Å²) in [5.41, 5.74) is 7.84. The van der Waals surface area contributed by atoms with E-state index in [2.05, 4.69) is 35.8 Å². The van der Waals surface area contributed by atoms with Crippen molar-refractivity contribution in [3.05, 3.63) is 57.0 Å². The van der Waals surface area contributed by atoms with Crippen LogP contribution in [0.15, 0.2) is 40.9 Å². The van der Waals surface area contributed by atoms with Crippen molar-refractivity contribution in [2.75, 3.05) is 6.54 Å². The molecule has 112 valence electrons. The van der Waals surface area contributed by atoms with Crippen LogP contribution in [0.25, 0.3) is 0 Å². The molecule has 2 rings (SSSR count). The van der Waals surface area contributed by atoms with E-state index in [9.17, 15) is 0 Å². The molecule has 0 aliphatic carbocycles. The molecule has 0 radical (unpaired) electrons. The van der Waals surface area contributed by atoms with Crippen molar-refractivity contribution >= 4 is 27.5 Å². The number of benzene rings is 2. The Kier molecular flexibility index (Phi) is 5.68. The molecule has 0 aliphatic heterocycles. The maximum absolute atomic E-state index is 6.30. The smallest absolute Gasteiger partial charge is 0.149 e. The Labute approximate surface area is 139 Å². The number of para-hydroxylation sites is 1. The Balaban J connectivity index is 2.43. The summed E-state index contributed by atoms with van der Waals surface area (Å²) < 4.78 is 7.17. The molecular formula is C17H19BrClNO. The van der Waals surface area contributed by atoms with Gasteiger partial charge in [0.05, 0.1) is 5.02 Å². The molecule has 0 heterocycles. The molecule has 0 aliphatic rings. The lowest BCUT2D eigenvalue weighted by atomic mass is 10.0. The molecule has 0 spiro atoms. The second-order valence-electron chi connectivity index (χ2n) is 5.21. The number of halogens is 2. The van der Waals surface area contributed by atoms with E-state index in [4.69, 9.17) is 22.1 Å². The molecule has 2 nitrogen and oxygen atoms in total. The van der Waals surface area contributed by atoms with Gasteiger partial charge in [0.1, 0.15) is 11.5 Å². The first kappa shape index (κ1) is 16.3. The third-order valence-electron chi connectivity index (χ3n) is 3.27. The topological polar surface area (TPSA) is 35.2 Å². The molecule has 0 amide bonds. The van der Waals surface area contributed by atoms with Crippen LogP contribution in [0.4, 0.5) is 0 Å². The zero-order valence-corrected chi connectivity index (χ0v) is 14.5. The second kappa shape index (κ2) is 7.30. The molecular weight excluding hydrogens is 350 g/mol. The average molecular weight is 369 g/mol. The standard InChI is InChI=1S/C17H19BrClNO/c1-11(2)14-10-13(18)6-7-16(14)21-17-12(8-9-20)4-3-5-15(17)19/h3-7,10-11H,8-9,20H2,1-2H3. The highest BCUT2D eigenvalue weighted by Crippen LogP contribution is 2.37. The van der Waals surface area contributed by atoms with Crippen LogP contribution < -0.4 is 10.5 Å². The summed E-state index contributed by atoms with van der Waals surface area (Å²) >= 11 is 9.81. The highest BCUT2D eigenvalue weighted by Gasteiger charge is 2.14. The van der Waals surface area contributed by atoms with Gasteiger partial charge < -0.3 is 10.5 Å². The van der Waals surface area contributed by atoms with E-state index >= 15 is 0 Å². The molecule has 0 bridgehead atoms. The van der Waals surface area contributed by atoms with Crippen LogP contribution in [0.1, 0.15) is 30.9 Å². The lowest BCUT2D eigenvalue weighted by Gasteiger charge is -2.17. The van der Waals surface area contributed by atoms with Crippen LogP contribution in [-0.2, 0) is 6.42 Å². The molecule has 0 saturated carbocycles. The van der Waals surface area contributed by atoms with Crippen LogP contribution >= 0.6 is 27.5 Å². The number of ether oxygens (including phenoxy) is 1.